The number of benzene rings is 2. The van der Waals surface area contributed by atoms with Crippen LogP contribution < -0.4 is 16.2 Å². The number of rotatable bonds is 2. The number of hydrogen-bond acceptors (Lipinski definition) is 3. The third-order valence-corrected chi connectivity index (χ3v) is 5.34. The van der Waals surface area contributed by atoms with Crippen LogP contribution in [0.2, 0.25) is 0 Å². The first-order valence-electron chi connectivity index (χ1n) is 8.02. The predicted octanol–water partition coefficient (Wildman–Crippen LogP) is 1.67. The lowest BCUT2D eigenvalue weighted by molar-refractivity contribution is -0.00693. The van der Waals surface area contributed by atoms with Gasteiger partial charge in [-0.1, -0.05) is 60.7 Å². The Hall–Kier alpha value is -2.64. The molecule has 2 aliphatic rings. The number of hydrogen-bond donors (Lipinski definition) is 3. The highest BCUT2D eigenvalue weighted by Crippen LogP contribution is 2.50. The number of hydrazine groups is 1. The van der Waals surface area contributed by atoms with Crippen molar-refractivity contribution in [1.82, 2.24) is 26.0 Å². The Morgan fingerprint density at radius 2 is 1.32 bits per heavy atom. The van der Waals surface area contributed by atoms with Crippen LogP contribution in [0.15, 0.2) is 60.7 Å². The molecule has 2 aromatic rings. The number of carbonyl (C=O) groups excluding carboxylic acids is 1. The molecule has 2 heterocycles. The van der Waals surface area contributed by atoms with Gasteiger partial charge in [0.15, 0.2) is 16.4 Å². The minimum Gasteiger partial charge on any atom is -0.332 e. The molecule has 0 bridgehead atoms. The molecule has 0 aromatic heterocycles. The molecule has 0 saturated carbocycles. The van der Waals surface area contributed by atoms with Crippen molar-refractivity contribution in [3.63, 3.8) is 0 Å². The van der Waals surface area contributed by atoms with Crippen LogP contribution in [0.5, 0.6) is 0 Å². The van der Waals surface area contributed by atoms with Crippen molar-refractivity contribution >= 4 is 23.4 Å². The Bertz CT molecular complexity index is 830. The van der Waals surface area contributed by atoms with Gasteiger partial charge in [-0.15, -0.1) is 0 Å². The van der Waals surface area contributed by atoms with Crippen molar-refractivity contribution in [3.8, 4) is 0 Å². The summed E-state index contributed by atoms with van der Waals surface area (Å²) in [5.41, 5.74) is 6.43. The number of thiocarbonyl (C=S) groups is 1. The van der Waals surface area contributed by atoms with Crippen LogP contribution in [0.25, 0.3) is 0 Å². The van der Waals surface area contributed by atoms with E-state index in [2.05, 4.69) is 16.2 Å². The Balaban J connectivity index is 2.06. The highest BCUT2D eigenvalue weighted by atomic mass is 32.1. The van der Waals surface area contributed by atoms with E-state index in [-0.39, 0.29) is 6.03 Å². The maximum absolute atomic E-state index is 13.0. The number of likely N-dealkylation sites (N-methyl/N-ethyl adjacent to an activating group) is 2. The van der Waals surface area contributed by atoms with E-state index in [1.54, 1.807) is 23.9 Å². The molecule has 3 N–H and O–H groups in total. The summed E-state index contributed by atoms with van der Waals surface area (Å²) in [6.07, 6.45) is 0. The maximum atomic E-state index is 13.0. The highest BCUT2D eigenvalue weighted by Gasteiger charge is 2.69. The summed E-state index contributed by atoms with van der Waals surface area (Å²) in [5, 5.41) is 3.81. The molecule has 128 valence electrons. The lowest BCUT2D eigenvalue weighted by Gasteiger charge is -2.53. The van der Waals surface area contributed by atoms with E-state index in [4.69, 9.17) is 12.2 Å². The molecule has 0 spiro atoms. The first kappa shape index (κ1) is 15.9. The van der Waals surface area contributed by atoms with E-state index in [9.17, 15) is 4.79 Å². The quantitative estimate of drug-likeness (QED) is 0.717. The number of nitrogens with one attached hydrogen (secondary N) is 3. The Kier molecular flexibility index (Phi) is 3.45. The molecule has 25 heavy (non-hydrogen) atoms. The van der Waals surface area contributed by atoms with Gasteiger partial charge in [-0.05, 0) is 17.8 Å². The third-order valence-electron chi connectivity index (χ3n) is 5.14. The van der Waals surface area contributed by atoms with Crippen molar-refractivity contribution in [2.75, 3.05) is 14.1 Å². The number of carbonyl (C=O) groups is 1. The lowest BCUT2D eigenvalue weighted by atomic mass is 9.80. The van der Waals surface area contributed by atoms with Crippen LogP contribution in [-0.2, 0) is 11.3 Å². The molecule has 0 aliphatic carbocycles. The molecule has 2 atom stereocenters. The molecule has 2 amide bonds. The van der Waals surface area contributed by atoms with Gasteiger partial charge in [0, 0.05) is 19.7 Å². The number of nitrogens with zero attached hydrogens (tertiary/aromatic N) is 2. The number of urea groups is 1. The van der Waals surface area contributed by atoms with Gasteiger partial charge in [-0.2, -0.15) is 0 Å². The monoisotopic (exact) mass is 353 g/mol. The second kappa shape index (κ2) is 5.44. The second-order valence-corrected chi connectivity index (χ2v) is 6.67. The maximum Gasteiger partial charge on any atom is 0.323 e. The molecule has 2 saturated heterocycles. The zero-order valence-electron chi connectivity index (χ0n) is 14.0. The average Bonchev–Trinajstić information content (AvgIpc) is 2.83. The smallest absolute Gasteiger partial charge is 0.323 e. The van der Waals surface area contributed by atoms with Gasteiger partial charge in [0.05, 0.1) is 0 Å². The Labute approximate surface area is 151 Å². The van der Waals surface area contributed by atoms with Gasteiger partial charge in [0.25, 0.3) is 0 Å². The van der Waals surface area contributed by atoms with Crippen molar-refractivity contribution in [2.24, 2.45) is 0 Å². The summed E-state index contributed by atoms with van der Waals surface area (Å²) < 4.78 is 0. The van der Waals surface area contributed by atoms with Crippen LogP contribution in [0, 0.1) is 0 Å². The topological polar surface area (TPSA) is 59.6 Å². The SMILES string of the molecule is CN1C(=O)N(C)[C@]2(c3ccccc3)NC(=S)NN[C@]12c1ccccc1. The molecule has 7 heteroatoms. The van der Waals surface area contributed by atoms with Crippen molar-refractivity contribution in [1.29, 1.82) is 0 Å². The summed E-state index contributed by atoms with van der Waals surface area (Å²) in [6.45, 7) is 0. The molecule has 0 radical (unpaired) electrons. The fourth-order valence-corrected chi connectivity index (χ4v) is 4.20. The van der Waals surface area contributed by atoms with Gasteiger partial charge >= 0.3 is 6.03 Å². The van der Waals surface area contributed by atoms with Gasteiger partial charge in [-0.3, -0.25) is 15.2 Å². The second-order valence-electron chi connectivity index (χ2n) is 6.26. The lowest BCUT2D eigenvalue weighted by Crippen LogP contribution is -2.79. The third kappa shape index (κ3) is 1.87. The van der Waals surface area contributed by atoms with Gasteiger partial charge in [-0.25, -0.2) is 10.2 Å². The van der Waals surface area contributed by atoms with E-state index >= 15 is 0 Å². The minimum absolute atomic E-state index is 0.112. The van der Waals surface area contributed by atoms with Gasteiger partial charge in [0.1, 0.15) is 0 Å². The standard InChI is InChI=1S/C18H19N5OS/c1-22-16(24)23(2)18(14-11-7-4-8-12-14)17(22,19-15(25)20-21-18)13-9-5-3-6-10-13/h3-12,21H,1-2H3,(H2,19,20,25)/t17-,18+/m0/s1. The normalized spacial score (nSPS) is 28.4. The number of amides is 2. The summed E-state index contributed by atoms with van der Waals surface area (Å²) in [6, 6.07) is 19.7. The summed E-state index contributed by atoms with van der Waals surface area (Å²) in [7, 11) is 3.58. The predicted molar refractivity (Wildman–Crippen MR) is 99.2 cm³/mol. The van der Waals surface area contributed by atoms with E-state index in [1.807, 2.05) is 60.7 Å². The minimum atomic E-state index is -0.899. The molecule has 4 rings (SSSR count). The number of fused-ring (bicyclic) bond motifs is 1. The Morgan fingerprint density at radius 1 is 0.840 bits per heavy atom. The van der Waals surface area contributed by atoms with Crippen LogP contribution in [0.3, 0.4) is 0 Å². The summed E-state index contributed by atoms with van der Waals surface area (Å²) in [5.74, 6) is 0. The van der Waals surface area contributed by atoms with E-state index in [0.717, 1.165) is 11.1 Å². The molecule has 2 fully saturated rings. The summed E-state index contributed by atoms with van der Waals surface area (Å²) >= 11 is 5.39. The molecule has 6 nitrogen and oxygen atoms in total. The van der Waals surface area contributed by atoms with E-state index < -0.39 is 11.3 Å². The van der Waals surface area contributed by atoms with Crippen molar-refractivity contribution < 1.29 is 4.79 Å². The molecule has 2 aliphatic heterocycles. The average molecular weight is 353 g/mol. The molecule has 2 aromatic carbocycles. The van der Waals surface area contributed by atoms with Crippen LogP contribution >= 0.6 is 12.2 Å². The van der Waals surface area contributed by atoms with Crippen LogP contribution in [-0.4, -0.2) is 35.0 Å². The summed E-state index contributed by atoms with van der Waals surface area (Å²) in [4.78, 5) is 16.4. The fourth-order valence-electron chi connectivity index (χ4n) is 4.00. The molecular weight excluding hydrogens is 334 g/mol. The largest absolute Gasteiger partial charge is 0.332 e. The first-order valence-corrected chi connectivity index (χ1v) is 8.43. The van der Waals surface area contributed by atoms with E-state index in [1.165, 1.54) is 0 Å². The van der Waals surface area contributed by atoms with Crippen molar-refractivity contribution in [3.05, 3.63) is 71.8 Å². The molecular formula is C18H19N5OS. The molecule has 0 unspecified atom stereocenters. The highest BCUT2D eigenvalue weighted by molar-refractivity contribution is 7.80. The van der Waals surface area contributed by atoms with Crippen LogP contribution in [0.1, 0.15) is 11.1 Å². The van der Waals surface area contributed by atoms with E-state index in [0.29, 0.717) is 5.11 Å². The van der Waals surface area contributed by atoms with Crippen LogP contribution in [0.4, 0.5) is 4.79 Å². The Morgan fingerprint density at radius 3 is 1.88 bits per heavy atom. The van der Waals surface area contributed by atoms with Gasteiger partial charge in [0.2, 0.25) is 0 Å². The van der Waals surface area contributed by atoms with Gasteiger partial charge < -0.3 is 5.32 Å². The zero-order chi connectivity index (χ0) is 17.7. The first-order chi connectivity index (χ1) is 12.0. The fraction of sp³-hybridized carbons (Fsp3) is 0.222. The zero-order valence-corrected chi connectivity index (χ0v) is 14.8. The van der Waals surface area contributed by atoms with Crippen molar-refractivity contribution in [2.45, 2.75) is 11.3 Å².